The molecular formula is C22H29N5O2. The number of aromatic nitrogens is 2. The van der Waals surface area contributed by atoms with Gasteiger partial charge in [-0.1, -0.05) is 18.2 Å². The van der Waals surface area contributed by atoms with Crippen molar-refractivity contribution >= 4 is 11.9 Å². The van der Waals surface area contributed by atoms with Gasteiger partial charge in [0.15, 0.2) is 0 Å². The molecule has 3 heterocycles. The molecule has 0 aliphatic carbocycles. The lowest BCUT2D eigenvalue weighted by Gasteiger charge is -2.37. The fourth-order valence-electron chi connectivity index (χ4n) is 4.30. The van der Waals surface area contributed by atoms with E-state index in [4.69, 9.17) is 4.74 Å². The molecule has 0 spiro atoms. The van der Waals surface area contributed by atoms with Gasteiger partial charge in [-0.25, -0.2) is 9.97 Å². The highest BCUT2D eigenvalue weighted by Gasteiger charge is 2.27. The van der Waals surface area contributed by atoms with Gasteiger partial charge in [0.2, 0.25) is 11.9 Å². The van der Waals surface area contributed by atoms with Crippen LogP contribution in [0.4, 0.5) is 5.95 Å². The van der Waals surface area contributed by atoms with Gasteiger partial charge in [-0.2, -0.15) is 0 Å². The summed E-state index contributed by atoms with van der Waals surface area (Å²) in [4.78, 5) is 27.9. The van der Waals surface area contributed by atoms with Crippen molar-refractivity contribution in [3.63, 3.8) is 0 Å². The molecule has 0 radical (unpaired) electrons. The first kappa shape index (κ1) is 19.6. The van der Waals surface area contributed by atoms with Crippen LogP contribution in [0.3, 0.4) is 0 Å². The van der Waals surface area contributed by atoms with Crippen LogP contribution in [0.25, 0.3) is 0 Å². The van der Waals surface area contributed by atoms with E-state index in [-0.39, 0.29) is 5.91 Å². The maximum Gasteiger partial charge on any atom is 0.236 e. The Morgan fingerprint density at radius 1 is 1.00 bits per heavy atom. The SMILES string of the molecule is COc1ccccc1C1CCN(C(=O)CN2CCN(c3ncccn3)CC2)CC1. The molecule has 1 amide bonds. The summed E-state index contributed by atoms with van der Waals surface area (Å²) in [5.41, 5.74) is 1.27. The fraction of sp³-hybridized carbons (Fsp3) is 0.500. The van der Waals surface area contributed by atoms with E-state index in [1.54, 1.807) is 19.5 Å². The molecule has 2 fully saturated rings. The van der Waals surface area contributed by atoms with Crippen molar-refractivity contribution in [2.24, 2.45) is 0 Å². The number of piperazine rings is 1. The van der Waals surface area contributed by atoms with E-state index in [0.717, 1.165) is 63.8 Å². The van der Waals surface area contributed by atoms with E-state index < -0.39 is 0 Å². The quantitative estimate of drug-likeness (QED) is 0.772. The monoisotopic (exact) mass is 395 g/mol. The number of rotatable bonds is 5. The number of carbonyl (C=O) groups excluding carboxylic acids is 1. The second kappa shape index (κ2) is 9.22. The smallest absolute Gasteiger partial charge is 0.236 e. The Morgan fingerprint density at radius 3 is 2.38 bits per heavy atom. The minimum Gasteiger partial charge on any atom is -0.496 e. The lowest BCUT2D eigenvalue weighted by atomic mass is 9.89. The number of piperidine rings is 1. The summed E-state index contributed by atoms with van der Waals surface area (Å²) < 4.78 is 5.51. The number of nitrogens with zero attached hydrogens (tertiary/aromatic N) is 5. The van der Waals surface area contributed by atoms with Gasteiger partial charge in [0, 0.05) is 51.7 Å². The third kappa shape index (κ3) is 4.67. The van der Waals surface area contributed by atoms with Gasteiger partial charge in [-0.05, 0) is 36.5 Å². The Balaban J connectivity index is 1.24. The Hall–Kier alpha value is -2.67. The minimum atomic E-state index is 0.243. The largest absolute Gasteiger partial charge is 0.496 e. The Bertz CT molecular complexity index is 800. The number of ether oxygens (including phenoxy) is 1. The van der Waals surface area contributed by atoms with E-state index >= 15 is 0 Å². The van der Waals surface area contributed by atoms with Crippen molar-refractivity contribution in [2.75, 3.05) is 57.8 Å². The van der Waals surface area contributed by atoms with Crippen molar-refractivity contribution in [1.82, 2.24) is 19.8 Å². The molecule has 7 heteroatoms. The second-order valence-electron chi connectivity index (χ2n) is 7.71. The van der Waals surface area contributed by atoms with Gasteiger partial charge in [-0.3, -0.25) is 9.69 Å². The fourth-order valence-corrected chi connectivity index (χ4v) is 4.30. The number of anilines is 1. The number of hydrogen-bond acceptors (Lipinski definition) is 6. The van der Waals surface area contributed by atoms with Crippen molar-refractivity contribution in [1.29, 1.82) is 0 Å². The van der Waals surface area contributed by atoms with E-state index in [0.29, 0.717) is 12.5 Å². The van der Waals surface area contributed by atoms with Crippen LogP contribution in [0.1, 0.15) is 24.3 Å². The molecule has 2 aromatic rings. The van der Waals surface area contributed by atoms with Gasteiger partial charge in [0.05, 0.1) is 13.7 Å². The van der Waals surface area contributed by atoms with Gasteiger partial charge < -0.3 is 14.5 Å². The maximum atomic E-state index is 12.8. The highest BCUT2D eigenvalue weighted by molar-refractivity contribution is 5.78. The molecule has 0 atom stereocenters. The zero-order chi connectivity index (χ0) is 20.1. The first-order chi connectivity index (χ1) is 14.2. The minimum absolute atomic E-state index is 0.243. The van der Waals surface area contributed by atoms with Gasteiger partial charge in [0.1, 0.15) is 5.75 Å². The molecule has 7 nitrogen and oxygen atoms in total. The summed E-state index contributed by atoms with van der Waals surface area (Å²) in [5, 5.41) is 0. The third-order valence-electron chi connectivity index (χ3n) is 5.99. The van der Waals surface area contributed by atoms with Gasteiger partial charge >= 0.3 is 0 Å². The molecule has 2 saturated heterocycles. The van der Waals surface area contributed by atoms with Crippen molar-refractivity contribution in [3.05, 3.63) is 48.3 Å². The normalized spacial score (nSPS) is 18.7. The second-order valence-corrected chi connectivity index (χ2v) is 7.71. The molecule has 0 bridgehead atoms. The summed E-state index contributed by atoms with van der Waals surface area (Å²) in [6, 6.07) is 10.1. The number of hydrogen-bond donors (Lipinski definition) is 0. The molecule has 154 valence electrons. The highest BCUT2D eigenvalue weighted by Crippen LogP contribution is 2.34. The molecule has 1 aromatic carbocycles. The number of amides is 1. The van der Waals surface area contributed by atoms with E-state index in [2.05, 4.69) is 31.9 Å². The van der Waals surface area contributed by atoms with Gasteiger partial charge in [0.25, 0.3) is 0 Å². The standard InChI is InChI=1S/C22H29N5O2/c1-29-20-6-3-2-5-19(20)18-7-11-26(12-8-18)21(28)17-25-13-15-27(16-14-25)22-23-9-4-10-24-22/h2-6,9-10,18H,7-8,11-17H2,1H3. The highest BCUT2D eigenvalue weighted by atomic mass is 16.5. The Kier molecular flexibility index (Phi) is 6.24. The molecule has 2 aliphatic rings. The average molecular weight is 396 g/mol. The lowest BCUT2D eigenvalue weighted by molar-refractivity contribution is -0.133. The molecule has 1 aromatic heterocycles. The van der Waals surface area contributed by atoms with Crippen molar-refractivity contribution in [3.8, 4) is 5.75 Å². The number of benzene rings is 1. The predicted octanol–water partition coefficient (Wildman–Crippen LogP) is 2.01. The summed E-state index contributed by atoms with van der Waals surface area (Å²) in [6.07, 6.45) is 5.52. The summed E-state index contributed by atoms with van der Waals surface area (Å²) in [5.74, 6) is 2.44. The van der Waals surface area contributed by atoms with Crippen LogP contribution in [0.5, 0.6) is 5.75 Å². The zero-order valence-electron chi connectivity index (χ0n) is 17.0. The van der Waals surface area contributed by atoms with E-state index in [1.807, 2.05) is 23.1 Å². The van der Waals surface area contributed by atoms with Crippen molar-refractivity contribution < 1.29 is 9.53 Å². The number of carbonyl (C=O) groups is 1. The van der Waals surface area contributed by atoms with Crippen LogP contribution in [-0.4, -0.2) is 78.6 Å². The predicted molar refractivity (Wildman–Crippen MR) is 112 cm³/mol. The topological polar surface area (TPSA) is 61.8 Å². The molecule has 4 rings (SSSR count). The maximum absolute atomic E-state index is 12.8. The van der Waals surface area contributed by atoms with E-state index in [9.17, 15) is 4.79 Å². The molecule has 0 saturated carbocycles. The van der Waals surface area contributed by atoms with Crippen molar-refractivity contribution in [2.45, 2.75) is 18.8 Å². The summed E-state index contributed by atoms with van der Waals surface area (Å²) in [7, 11) is 1.72. The number of para-hydroxylation sites is 1. The van der Waals surface area contributed by atoms with Crippen LogP contribution in [-0.2, 0) is 4.79 Å². The third-order valence-corrected chi connectivity index (χ3v) is 5.99. The molecule has 0 unspecified atom stereocenters. The van der Waals surface area contributed by atoms with Crippen LogP contribution < -0.4 is 9.64 Å². The average Bonchev–Trinajstić information content (AvgIpc) is 2.80. The van der Waals surface area contributed by atoms with Crippen LogP contribution in [0, 0.1) is 0 Å². The number of methoxy groups -OCH3 is 1. The molecule has 2 aliphatic heterocycles. The molecule has 0 N–H and O–H groups in total. The first-order valence-electron chi connectivity index (χ1n) is 10.4. The van der Waals surface area contributed by atoms with Crippen LogP contribution in [0.2, 0.25) is 0 Å². The Morgan fingerprint density at radius 2 is 1.69 bits per heavy atom. The molecule has 29 heavy (non-hydrogen) atoms. The zero-order valence-corrected chi connectivity index (χ0v) is 17.0. The molecular weight excluding hydrogens is 366 g/mol. The number of likely N-dealkylation sites (tertiary alicyclic amines) is 1. The first-order valence-corrected chi connectivity index (χ1v) is 10.4. The van der Waals surface area contributed by atoms with E-state index in [1.165, 1.54) is 5.56 Å². The van der Waals surface area contributed by atoms with Crippen LogP contribution in [0.15, 0.2) is 42.7 Å². The lowest BCUT2D eigenvalue weighted by Crippen LogP contribution is -2.51. The summed E-state index contributed by atoms with van der Waals surface area (Å²) in [6.45, 7) is 5.57. The van der Waals surface area contributed by atoms with Crippen LogP contribution >= 0.6 is 0 Å². The summed E-state index contributed by atoms with van der Waals surface area (Å²) >= 11 is 0. The Labute approximate surface area is 172 Å². The van der Waals surface area contributed by atoms with Gasteiger partial charge in [-0.15, -0.1) is 0 Å².